The lowest BCUT2D eigenvalue weighted by atomic mass is 10.1. The van der Waals surface area contributed by atoms with Gasteiger partial charge in [-0.05, 0) is 18.5 Å². The summed E-state index contributed by atoms with van der Waals surface area (Å²) in [5.41, 5.74) is 1.80. The lowest BCUT2D eigenvalue weighted by Crippen LogP contribution is -2.28. The maximum Gasteiger partial charge on any atom is 0.348 e. The second-order valence-corrected chi connectivity index (χ2v) is 21.9. The Balaban J connectivity index is 3.03. The van der Waals surface area contributed by atoms with Crippen molar-refractivity contribution in [3.63, 3.8) is 0 Å². The third kappa shape index (κ3) is 5.92. The van der Waals surface area contributed by atoms with Gasteiger partial charge in [0.25, 0.3) is 0 Å². The van der Waals surface area contributed by atoms with E-state index in [0.29, 0.717) is 6.04 Å². The molecule has 0 aromatic heterocycles. The van der Waals surface area contributed by atoms with Gasteiger partial charge in [0.05, 0.1) is 0 Å². The fourth-order valence-electron chi connectivity index (χ4n) is 1.45. The summed E-state index contributed by atoms with van der Waals surface area (Å²) in [5.74, 6) is 0. The molecule has 96 valence electrons. The van der Waals surface area contributed by atoms with E-state index in [1.54, 1.807) is 0 Å². The highest BCUT2D eigenvalue weighted by Gasteiger charge is 2.43. The number of hydrogen-bond acceptors (Lipinski definition) is 0. The van der Waals surface area contributed by atoms with Crippen LogP contribution in [-0.2, 0) is 0 Å². The fraction of sp³-hybridized carbons (Fsp3) is 0.333. The summed E-state index contributed by atoms with van der Waals surface area (Å²) in [4.78, 5) is 0. The second kappa shape index (κ2) is 6.23. The van der Waals surface area contributed by atoms with Crippen LogP contribution in [0.2, 0.25) is 6.04 Å². The van der Waals surface area contributed by atoms with E-state index in [0.717, 1.165) is 11.1 Å². The molecule has 17 heavy (non-hydrogen) atoms. The lowest BCUT2D eigenvalue weighted by Gasteiger charge is -2.25. The Morgan fingerprint density at radius 1 is 0.941 bits per heavy atom. The smallest absolute Gasteiger partial charge is 0.126 e. The predicted octanol–water partition coefficient (Wildman–Crippen LogP) is 5.93. The summed E-state index contributed by atoms with van der Waals surface area (Å²) in [6.07, 6.45) is 0. The van der Waals surface area contributed by atoms with Crippen LogP contribution in [0.3, 0.4) is 0 Å². The van der Waals surface area contributed by atoms with E-state index in [2.05, 4.69) is 0 Å². The average molecular weight is 387 g/mol. The molecule has 0 fully saturated rings. The van der Waals surface area contributed by atoms with Crippen molar-refractivity contribution in [3.8, 4) is 0 Å². The lowest BCUT2D eigenvalue weighted by molar-refractivity contribution is 1.05. The number of hydrogen-bond donors (Lipinski definition) is 0. The molecule has 1 rings (SSSR count). The number of halogens is 6. The topological polar surface area (TPSA) is 0 Å². The SMILES string of the molecule is Cc1ccc([C@H](C[Si](Cl)(Cl)Cl)[Si](Cl)(Cl)Cl)cc1. The van der Waals surface area contributed by atoms with Crippen molar-refractivity contribution in [2.75, 3.05) is 0 Å². The number of aryl methyl sites for hydroxylation is 1. The normalized spacial score (nSPS) is 14.8. The van der Waals surface area contributed by atoms with E-state index in [1.807, 2.05) is 31.2 Å². The van der Waals surface area contributed by atoms with Gasteiger partial charge in [-0.3, -0.25) is 0 Å². The highest BCUT2D eigenvalue weighted by molar-refractivity contribution is 7.67. The number of benzene rings is 1. The van der Waals surface area contributed by atoms with Crippen molar-refractivity contribution in [1.29, 1.82) is 0 Å². The molecule has 0 radical (unpaired) electrons. The van der Waals surface area contributed by atoms with Gasteiger partial charge in [-0.2, -0.15) is 0 Å². The van der Waals surface area contributed by atoms with Gasteiger partial charge < -0.3 is 0 Å². The Morgan fingerprint density at radius 3 is 1.76 bits per heavy atom. The molecule has 0 amide bonds. The number of rotatable bonds is 4. The average Bonchev–Trinajstić information content (AvgIpc) is 2.13. The van der Waals surface area contributed by atoms with E-state index < -0.39 is 12.0 Å². The first-order valence-electron chi connectivity index (χ1n) is 4.79. The third-order valence-electron chi connectivity index (χ3n) is 2.31. The molecule has 0 saturated heterocycles. The minimum atomic E-state index is -2.96. The van der Waals surface area contributed by atoms with Crippen LogP contribution in [0.15, 0.2) is 24.3 Å². The molecule has 1 aromatic carbocycles. The summed E-state index contributed by atoms with van der Waals surface area (Å²) in [7, 11) is 0. The van der Waals surface area contributed by atoms with Crippen molar-refractivity contribution in [3.05, 3.63) is 35.4 Å². The maximum absolute atomic E-state index is 6.10. The zero-order chi connectivity index (χ0) is 13.3. The van der Waals surface area contributed by atoms with Crippen molar-refractivity contribution in [2.24, 2.45) is 0 Å². The van der Waals surface area contributed by atoms with Gasteiger partial charge in [0.15, 0.2) is 0 Å². The molecule has 0 aliphatic carbocycles. The highest BCUT2D eigenvalue weighted by Crippen LogP contribution is 2.44. The van der Waals surface area contributed by atoms with Crippen LogP contribution in [0, 0.1) is 6.92 Å². The van der Waals surface area contributed by atoms with Crippen LogP contribution < -0.4 is 0 Å². The molecular weight excluding hydrogens is 377 g/mol. The van der Waals surface area contributed by atoms with Gasteiger partial charge in [-0.25, -0.2) is 0 Å². The Labute approximate surface area is 131 Å². The van der Waals surface area contributed by atoms with Crippen molar-refractivity contribution in [2.45, 2.75) is 18.5 Å². The summed E-state index contributed by atoms with van der Waals surface area (Å²) < 4.78 is 0. The Hall–Kier alpha value is 1.39. The molecule has 8 heteroatoms. The summed E-state index contributed by atoms with van der Waals surface area (Å²) in [6, 6.07) is 2.34. The predicted molar refractivity (Wildman–Crippen MR) is 85.4 cm³/mol. The second-order valence-electron chi connectivity index (χ2n) is 3.82. The van der Waals surface area contributed by atoms with Gasteiger partial charge in [0.2, 0.25) is 0 Å². The summed E-state index contributed by atoms with van der Waals surface area (Å²) in [5, 5.41) is 0. The molecule has 1 aromatic rings. The van der Waals surface area contributed by atoms with Crippen molar-refractivity contribution in [1.82, 2.24) is 0 Å². The molecule has 0 aliphatic heterocycles. The standard InChI is InChI=1S/C9H10Cl6Si2/c1-7-2-4-8(5-3-7)9(17(13,14)15)6-16(10,11)12/h2-5,9H,6H2,1H3/t9-/m0/s1. The summed E-state index contributed by atoms with van der Waals surface area (Å²) in [6.45, 7) is 2.00. The van der Waals surface area contributed by atoms with Gasteiger partial charge in [-0.1, -0.05) is 29.8 Å². The van der Waals surface area contributed by atoms with Crippen LogP contribution in [0.25, 0.3) is 0 Å². The molecule has 0 spiro atoms. The van der Waals surface area contributed by atoms with E-state index in [9.17, 15) is 0 Å². The first kappa shape index (κ1) is 16.4. The third-order valence-corrected chi connectivity index (χ3v) is 8.68. The van der Waals surface area contributed by atoms with E-state index >= 15 is 0 Å². The first-order valence-corrected chi connectivity index (χ1v) is 15.2. The quantitative estimate of drug-likeness (QED) is 0.444. The van der Waals surface area contributed by atoms with Crippen molar-refractivity contribution >= 4 is 78.5 Å². The molecule has 0 aliphatic rings. The van der Waals surface area contributed by atoms with Crippen LogP contribution in [-0.4, -0.2) is 12.0 Å². The van der Waals surface area contributed by atoms with Gasteiger partial charge >= 0.3 is 12.0 Å². The molecule has 0 saturated carbocycles. The molecule has 0 bridgehead atoms. The Morgan fingerprint density at radius 2 is 1.41 bits per heavy atom. The molecular formula is C9H10Cl6Si2. The molecule has 0 N–H and O–H groups in total. The zero-order valence-electron chi connectivity index (χ0n) is 8.86. The van der Waals surface area contributed by atoms with Crippen LogP contribution >= 0.6 is 66.5 Å². The largest absolute Gasteiger partial charge is 0.348 e. The van der Waals surface area contributed by atoms with Gasteiger partial charge in [-0.15, -0.1) is 66.5 Å². The Bertz CT molecular complexity index is 367. The van der Waals surface area contributed by atoms with Crippen molar-refractivity contribution < 1.29 is 0 Å². The Kier molecular flexibility index (Phi) is 6.03. The van der Waals surface area contributed by atoms with Gasteiger partial charge in [0.1, 0.15) is 0 Å². The van der Waals surface area contributed by atoms with E-state index in [1.165, 1.54) is 0 Å². The maximum atomic E-state index is 6.10. The summed E-state index contributed by atoms with van der Waals surface area (Å²) >= 11 is 36.1. The van der Waals surface area contributed by atoms with Crippen LogP contribution in [0.1, 0.15) is 16.7 Å². The van der Waals surface area contributed by atoms with E-state index in [-0.39, 0.29) is 5.54 Å². The minimum Gasteiger partial charge on any atom is -0.126 e. The highest BCUT2D eigenvalue weighted by atomic mass is 35.8. The zero-order valence-corrected chi connectivity index (χ0v) is 15.4. The van der Waals surface area contributed by atoms with Crippen LogP contribution in [0.5, 0.6) is 0 Å². The van der Waals surface area contributed by atoms with Gasteiger partial charge in [0, 0.05) is 5.54 Å². The molecule has 0 unspecified atom stereocenters. The van der Waals surface area contributed by atoms with Crippen LogP contribution in [0.4, 0.5) is 0 Å². The monoisotopic (exact) mass is 384 g/mol. The van der Waals surface area contributed by atoms with E-state index in [4.69, 9.17) is 66.5 Å². The first-order chi connectivity index (χ1) is 7.59. The molecule has 0 nitrogen and oxygen atoms in total. The molecule has 0 heterocycles. The minimum absolute atomic E-state index is 0.271. The fourth-order valence-corrected chi connectivity index (χ4v) is 10.3. The molecule has 1 atom stereocenters.